The van der Waals surface area contributed by atoms with Crippen molar-refractivity contribution in [2.75, 3.05) is 0 Å². The molecule has 2 unspecified atom stereocenters. The molecule has 0 amide bonds. The summed E-state index contributed by atoms with van der Waals surface area (Å²) in [6.45, 7) is 0. The van der Waals surface area contributed by atoms with Crippen LogP contribution < -0.4 is 0 Å². The van der Waals surface area contributed by atoms with Crippen molar-refractivity contribution >= 4 is 60.2 Å². The van der Waals surface area contributed by atoms with Crippen LogP contribution in [0.5, 0.6) is 0 Å². The van der Waals surface area contributed by atoms with Gasteiger partial charge in [0.2, 0.25) is 0 Å². The Balaban J connectivity index is 1.03. The minimum Gasteiger partial charge on any atom is -0.456 e. The van der Waals surface area contributed by atoms with Gasteiger partial charge < -0.3 is 8.83 Å². The molecule has 58 heavy (non-hydrogen) atoms. The molecule has 272 valence electrons. The van der Waals surface area contributed by atoms with Gasteiger partial charge >= 0.3 is 0 Å². The third kappa shape index (κ3) is 5.28. The van der Waals surface area contributed by atoms with E-state index >= 15 is 0 Å². The number of hydrogen-bond acceptors (Lipinski definition) is 5. The third-order valence-electron chi connectivity index (χ3n) is 11.7. The standard InChI is InChI=1S/C53H33N3O2/c1-3-12-36-30-38(28-24-32(36)10-1)34-22-26-35(27-23-34)51-54-52(39-29-25-33-11-2-4-13-37(33)31-39)56-53(55-51)44-18-9-21-47-49(44)43-17-7-16-41(50(43)58-47)40-15-8-20-46-48(40)42-14-5-6-19-45(42)57-46/h1-32,36H. The topological polar surface area (TPSA) is 65.0 Å². The van der Waals surface area contributed by atoms with Crippen LogP contribution in [0, 0.1) is 11.8 Å². The minimum atomic E-state index is 0.372. The van der Waals surface area contributed by atoms with Gasteiger partial charge in [0, 0.05) is 55.6 Å². The summed E-state index contributed by atoms with van der Waals surface area (Å²) in [5, 5.41) is 6.39. The molecule has 2 aliphatic rings. The van der Waals surface area contributed by atoms with Crippen molar-refractivity contribution < 1.29 is 8.83 Å². The quantitative estimate of drug-likeness (QED) is 0.176. The molecule has 0 aliphatic heterocycles. The lowest BCUT2D eigenvalue weighted by molar-refractivity contribution is 0.663. The summed E-state index contributed by atoms with van der Waals surface area (Å²) >= 11 is 0. The molecule has 0 radical (unpaired) electrons. The van der Waals surface area contributed by atoms with Crippen LogP contribution in [0.25, 0.3) is 106 Å². The molecule has 0 saturated carbocycles. The highest BCUT2D eigenvalue weighted by molar-refractivity contribution is 6.19. The van der Waals surface area contributed by atoms with Crippen molar-refractivity contribution in [2.45, 2.75) is 0 Å². The first-order chi connectivity index (χ1) is 28.7. The zero-order valence-corrected chi connectivity index (χ0v) is 31.2. The Labute approximate surface area is 333 Å². The molecule has 0 spiro atoms. The number of nitrogens with zero attached hydrogens (tertiary/aromatic N) is 3. The largest absolute Gasteiger partial charge is 0.456 e. The van der Waals surface area contributed by atoms with Crippen molar-refractivity contribution in [2.24, 2.45) is 11.8 Å². The highest BCUT2D eigenvalue weighted by Crippen LogP contribution is 2.44. The second-order valence-electron chi connectivity index (χ2n) is 15.1. The second kappa shape index (κ2) is 13.0. The molecule has 5 heteroatoms. The number of hydrogen-bond donors (Lipinski definition) is 0. The molecule has 2 aliphatic carbocycles. The maximum atomic E-state index is 6.80. The summed E-state index contributed by atoms with van der Waals surface area (Å²) in [5.41, 5.74) is 10.4. The predicted octanol–water partition coefficient (Wildman–Crippen LogP) is 13.8. The highest BCUT2D eigenvalue weighted by Gasteiger charge is 2.22. The third-order valence-corrected chi connectivity index (χ3v) is 11.7. The van der Waals surface area contributed by atoms with E-state index < -0.39 is 0 Å². The van der Waals surface area contributed by atoms with Crippen molar-refractivity contribution in [3.05, 3.63) is 194 Å². The minimum absolute atomic E-state index is 0.372. The van der Waals surface area contributed by atoms with Crippen LogP contribution in [-0.2, 0) is 0 Å². The molecule has 0 fully saturated rings. The van der Waals surface area contributed by atoms with Gasteiger partial charge in [-0.25, -0.2) is 15.0 Å². The molecule has 10 aromatic rings. The van der Waals surface area contributed by atoms with Gasteiger partial charge in [-0.3, -0.25) is 0 Å². The fraction of sp³-hybridized carbons (Fsp3) is 0.0377. The first-order valence-corrected chi connectivity index (χ1v) is 19.7. The lowest BCUT2D eigenvalue weighted by Crippen LogP contribution is -2.11. The second-order valence-corrected chi connectivity index (χ2v) is 15.1. The van der Waals surface area contributed by atoms with Crippen LogP contribution >= 0.6 is 0 Å². The number of benzene rings is 7. The number of rotatable bonds is 5. The van der Waals surface area contributed by atoms with E-state index in [1.165, 1.54) is 5.57 Å². The van der Waals surface area contributed by atoms with E-state index in [0.29, 0.717) is 29.3 Å². The Morgan fingerprint density at radius 1 is 0.414 bits per heavy atom. The lowest BCUT2D eigenvalue weighted by atomic mass is 9.81. The van der Waals surface area contributed by atoms with E-state index in [-0.39, 0.29) is 0 Å². The number of furan rings is 2. The fourth-order valence-corrected chi connectivity index (χ4v) is 8.81. The van der Waals surface area contributed by atoms with E-state index in [1.807, 2.05) is 36.4 Å². The molecule has 5 nitrogen and oxygen atoms in total. The van der Waals surface area contributed by atoms with Gasteiger partial charge in [0.1, 0.15) is 22.3 Å². The first kappa shape index (κ1) is 32.6. The van der Waals surface area contributed by atoms with E-state index in [4.69, 9.17) is 23.8 Å². The molecule has 2 atom stereocenters. The summed E-state index contributed by atoms with van der Waals surface area (Å²) in [6.07, 6.45) is 15.7. The van der Waals surface area contributed by atoms with Crippen LogP contribution in [0.2, 0.25) is 0 Å². The van der Waals surface area contributed by atoms with Crippen molar-refractivity contribution in [3.63, 3.8) is 0 Å². The highest BCUT2D eigenvalue weighted by atomic mass is 16.3. The van der Waals surface area contributed by atoms with Crippen LogP contribution in [0.1, 0.15) is 5.56 Å². The first-order valence-electron chi connectivity index (χ1n) is 19.7. The predicted molar refractivity (Wildman–Crippen MR) is 236 cm³/mol. The van der Waals surface area contributed by atoms with Gasteiger partial charge in [0.15, 0.2) is 17.5 Å². The normalized spacial score (nSPS) is 16.2. The number of fused-ring (bicyclic) bond motifs is 8. The van der Waals surface area contributed by atoms with E-state index in [9.17, 15) is 0 Å². The SMILES string of the molecule is C1=CC2C=CC(c3ccc(-c4nc(-c5ccc6ccccc6c5)nc(-c5cccc6oc7c(-c8cccc9oc%10ccccc%10c89)cccc7c56)n4)cc3)=CC2C=C1. The van der Waals surface area contributed by atoms with Crippen LogP contribution in [-0.4, -0.2) is 15.0 Å². The number of aromatic nitrogens is 3. The number of allylic oxidation sites excluding steroid dienone is 8. The molecule has 3 aromatic heterocycles. The maximum absolute atomic E-state index is 6.80. The molecule has 0 saturated heterocycles. The van der Waals surface area contributed by atoms with Gasteiger partial charge in [-0.1, -0.05) is 164 Å². The Morgan fingerprint density at radius 3 is 1.91 bits per heavy atom. The van der Waals surface area contributed by atoms with Gasteiger partial charge in [-0.2, -0.15) is 0 Å². The Hall–Kier alpha value is -7.63. The smallest absolute Gasteiger partial charge is 0.164 e. The molecular weight excluding hydrogens is 711 g/mol. The van der Waals surface area contributed by atoms with Crippen molar-refractivity contribution in [3.8, 4) is 45.3 Å². The molecule has 7 aromatic carbocycles. The maximum Gasteiger partial charge on any atom is 0.164 e. The summed E-state index contributed by atoms with van der Waals surface area (Å²) in [5.74, 6) is 2.59. The van der Waals surface area contributed by atoms with Crippen LogP contribution in [0.3, 0.4) is 0 Å². The molecule has 12 rings (SSSR count). The zero-order chi connectivity index (χ0) is 38.2. The lowest BCUT2D eigenvalue weighted by Gasteiger charge is -2.23. The van der Waals surface area contributed by atoms with Gasteiger partial charge in [0.05, 0.1) is 0 Å². The molecule has 3 heterocycles. The summed E-state index contributed by atoms with van der Waals surface area (Å²) < 4.78 is 13.1. The van der Waals surface area contributed by atoms with E-state index in [2.05, 4.69) is 152 Å². The monoisotopic (exact) mass is 743 g/mol. The van der Waals surface area contributed by atoms with Crippen LogP contribution in [0.15, 0.2) is 197 Å². The summed E-state index contributed by atoms with van der Waals surface area (Å²) in [7, 11) is 0. The zero-order valence-electron chi connectivity index (χ0n) is 31.2. The Bertz CT molecular complexity index is 3420. The fourth-order valence-electron chi connectivity index (χ4n) is 8.81. The average molecular weight is 744 g/mol. The average Bonchev–Trinajstić information content (AvgIpc) is 3.88. The van der Waals surface area contributed by atoms with Gasteiger partial charge in [0.25, 0.3) is 0 Å². The molecule has 0 bridgehead atoms. The van der Waals surface area contributed by atoms with Crippen molar-refractivity contribution in [1.29, 1.82) is 0 Å². The van der Waals surface area contributed by atoms with Crippen LogP contribution in [0.4, 0.5) is 0 Å². The molecular formula is C53H33N3O2. The number of para-hydroxylation sites is 2. The summed E-state index contributed by atoms with van der Waals surface area (Å²) in [6, 6.07) is 50.2. The van der Waals surface area contributed by atoms with E-state index in [0.717, 1.165) is 88.0 Å². The molecule has 0 N–H and O–H groups in total. The van der Waals surface area contributed by atoms with E-state index in [1.54, 1.807) is 0 Å². The Kier molecular flexibility index (Phi) is 7.29. The summed E-state index contributed by atoms with van der Waals surface area (Å²) in [4.78, 5) is 15.6. The van der Waals surface area contributed by atoms with Crippen molar-refractivity contribution in [1.82, 2.24) is 15.0 Å². The van der Waals surface area contributed by atoms with Gasteiger partial charge in [-0.05, 0) is 51.7 Å². The Morgan fingerprint density at radius 2 is 1.03 bits per heavy atom. The van der Waals surface area contributed by atoms with Gasteiger partial charge in [-0.15, -0.1) is 0 Å².